The number of hydrogen-bond acceptors (Lipinski definition) is 1. The summed E-state index contributed by atoms with van der Waals surface area (Å²) in [5.41, 5.74) is 3.30. The van der Waals surface area contributed by atoms with Gasteiger partial charge in [0, 0.05) is 31.5 Å². The molecule has 1 aromatic heterocycles. The zero-order chi connectivity index (χ0) is 20.4. The average Bonchev–Trinajstić information content (AvgIpc) is 3.09. The molecule has 0 spiro atoms. The molecule has 2 aromatic carbocycles. The summed E-state index contributed by atoms with van der Waals surface area (Å²) in [5, 5.41) is 0. The van der Waals surface area contributed by atoms with Gasteiger partial charge in [0.15, 0.2) is 0 Å². The predicted octanol–water partition coefficient (Wildman–Crippen LogP) is 6.06. The van der Waals surface area contributed by atoms with Crippen LogP contribution in [-0.4, -0.2) is 16.0 Å². The molecule has 0 aliphatic carbocycles. The molecule has 0 amide bonds. The molecule has 0 saturated heterocycles. The number of nitrogens with zero attached hydrogens (tertiary/aromatic N) is 2. The van der Waals surface area contributed by atoms with Crippen molar-refractivity contribution in [1.82, 2.24) is 9.47 Å². The van der Waals surface area contributed by atoms with E-state index in [0.29, 0.717) is 5.56 Å². The summed E-state index contributed by atoms with van der Waals surface area (Å²) in [7, 11) is 0. The van der Waals surface area contributed by atoms with E-state index in [1.54, 1.807) is 12.1 Å². The van der Waals surface area contributed by atoms with Gasteiger partial charge in [-0.25, -0.2) is 0 Å². The van der Waals surface area contributed by atoms with Gasteiger partial charge in [0.2, 0.25) is 0 Å². The number of alkyl halides is 3. The number of benzene rings is 2. The highest BCUT2D eigenvalue weighted by Gasteiger charge is 2.35. The quantitative estimate of drug-likeness (QED) is 0.518. The summed E-state index contributed by atoms with van der Waals surface area (Å²) in [4.78, 5) is 2.18. The minimum absolute atomic E-state index is 0.0697. The topological polar surface area (TPSA) is 8.17 Å². The number of halogens is 3. The minimum Gasteiger partial charge on any atom is -0.350 e. The van der Waals surface area contributed by atoms with E-state index in [0.717, 1.165) is 37.2 Å². The molecular formula is C24H25F3N2. The molecule has 0 saturated carbocycles. The largest absolute Gasteiger partial charge is 0.416 e. The average molecular weight is 398 g/mol. The fourth-order valence-electron chi connectivity index (χ4n) is 4.28. The molecule has 3 aromatic rings. The van der Waals surface area contributed by atoms with Gasteiger partial charge in [0.25, 0.3) is 0 Å². The van der Waals surface area contributed by atoms with Crippen molar-refractivity contribution >= 4 is 0 Å². The van der Waals surface area contributed by atoms with Gasteiger partial charge in [-0.3, -0.25) is 4.90 Å². The Bertz CT molecular complexity index is 957. The van der Waals surface area contributed by atoms with E-state index < -0.39 is 11.7 Å². The fourth-order valence-corrected chi connectivity index (χ4v) is 4.28. The van der Waals surface area contributed by atoms with Crippen LogP contribution in [0, 0.1) is 0 Å². The van der Waals surface area contributed by atoms with Crippen molar-refractivity contribution in [2.24, 2.45) is 0 Å². The van der Waals surface area contributed by atoms with Crippen molar-refractivity contribution in [1.29, 1.82) is 0 Å². The van der Waals surface area contributed by atoms with Crippen molar-refractivity contribution in [3.05, 3.63) is 94.8 Å². The highest BCUT2D eigenvalue weighted by molar-refractivity contribution is 5.34. The number of rotatable bonds is 4. The zero-order valence-electron chi connectivity index (χ0n) is 16.5. The lowest BCUT2D eigenvalue weighted by Crippen LogP contribution is -2.30. The maximum atomic E-state index is 13.6. The Balaban J connectivity index is 1.75. The summed E-state index contributed by atoms with van der Waals surface area (Å²) >= 11 is 0. The molecule has 5 heteroatoms. The van der Waals surface area contributed by atoms with E-state index in [1.807, 2.05) is 6.07 Å². The highest BCUT2D eigenvalue weighted by Crippen LogP contribution is 2.36. The molecule has 1 atom stereocenters. The first-order valence-electron chi connectivity index (χ1n) is 10.1. The van der Waals surface area contributed by atoms with Crippen LogP contribution in [0.25, 0.3) is 0 Å². The lowest BCUT2D eigenvalue weighted by Gasteiger charge is -2.31. The Hall–Kier alpha value is -2.53. The van der Waals surface area contributed by atoms with Gasteiger partial charge in [-0.1, -0.05) is 49.4 Å². The van der Waals surface area contributed by atoms with Crippen molar-refractivity contribution in [3.8, 4) is 0 Å². The molecule has 152 valence electrons. The third-order valence-electron chi connectivity index (χ3n) is 5.75. The van der Waals surface area contributed by atoms with E-state index >= 15 is 0 Å². The predicted molar refractivity (Wildman–Crippen MR) is 109 cm³/mol. The van der Waals surface area contributed by atoms with Gasteiger partial charge >= 0.3 is 6.18 Å². The molecule has 29 heavy (non-hydrogen) atoms. The smallest absolute Gasteiger partial charge is 0.350 e. The van der Waals surface area contributed by atoms with Crippen LogP contribution in [0.2, 0.25) is 0 Å². The number of hydrogen-bond donors (Lipinski definition) is 0. The Labute approximate surface area is 169 Å². The molecular weight excluding hydrogens is 373 g/mol. The molecule has 4 rings (SSSR count). The van der Waals surface area contributed by atoms with Crippen molar-refractivity contribution in [3.63, 3.8) is 0 Å². The molecule has 1 aliphatic rings. The van der Waals surface area contributed by atoms with Crippen LogP contribution >= 0.6 is 0 Å². The Morgan fingerprint density at radius 3 is 2.41 bits per heavy atom. The van der Waals surface area contributed by atoms with Gasteiger partial charge in [-0.2, -0.15) is 13.2 Å². The molecule has 0 bridgehead atoms. The fraction of sp³-hybridized carbons (Fsp3) is 0.333. The zero-order valence-corrected chi connectivity index (χ0v) is 16.5. The van der Waals surface area contributed by atoms with Crippen LogP contribution in [-0.2, 0) is 25.7 Å². The summed E-state index contributed by atoms with van der Waals surface area (Å²) in [6.07, 6.45) is -0.416. The maximum Gasteiger partial charge on any atom is 0.416 e. The molecule has 0 unspecified atom stereocenters. The van der Waals surface area contributed by atoms with E-state index in [2.05, 4.69) is 52.9 Å². The number of fused-ring (bicyclic) bond motifs is 1. The molecule has 0 fully saturated rings. The van der Waals surface area contributed by atoms with E-state index in [9.17, 15) is 13.2 Å². The second-order valence-electron chi connectivity index (χ2n) is 7.60. The Morgan fingerprint density at radius 2 is 1.69 bits per heavy atom. The first-order valence-corrected chi connectivity index (χ1v) is 10.1. The van der Waals surface area contributed by atoms with E-state index in [1.165, 1.54) is 17.7 Å². The number of aryl methyl sites for hydroxylation is 2. The van der Waals surface area contributed by atoms with Crippen LogP contribution in [0.5, 0.6) is 0 Å². The second kappa shape index (κ2) is 8.07. The third-order valence-corrected chi connectivity index (χ3v) is 5.75. The normalized spacial score (nSPS) is 17.7. The van der Waals surface area contributed by atoms with Crippen molar-refractivity contribution in [2.75, 3.05) is 6.54 Å². The van der Waals surface area contributed by atoms with Gasteiger partial charge in [0.1, 0.15) is 0 Å². The Kier molecular flexibility index (Phi) is 5.50. The molecule has 0 N–H and O–H groups in total. The lowest BCUT2D eigenvalue weighted by atomic mass is 9.98. The van der Waals surface area contributed by atoms with Gasteiger partial charge in [-0.15, -0.1) is 0 Å². The van der Waals surface area contributed by atoms with Crippen LogP contribution in [0.1, 0.15) is 47.3 Å². The molecule has 0 radical (unpaired) electrons. The van der Waals surface area contributed by atoms with Crippen molar-refractivity contribution in [2.45, 2.75) is 45.1 Å². The van der Waals surface area contributed by atoms with Gasteiger partial charge in [-0.05, 0) is 47.7 Å². The minimum atomic E-state index is -4.35. The number of aromatic nitrogens is 1. The van der Waals surface area contributed by atoms with Crippen molar-refractivity contribution < 1.29 is 13.2 Å². The standard InChI is InChI=1S/C24H25F3N2/c1-2-18-10-12-19(13-11-18)23-22-9-5-14-28(22)15-6-16-29(23)17-20-7-3-4-8-21(20)24(25,26)27/h3-5,7-14,23H,2,6,15-17H2,1H3/t23-/m0/s1. The Morgan fingerprint density at radius 1 is 0.931 bits per heavy atom. The summed E-state index contributed by atoms with van der Waals surface area (Å²) in [6.45, 7) is 4.00. The van der Waals surface area contributed by atoms with Crippen LogP contribution < -0.4 is 0 Å². The highest BCUT2D eigenvalue weighted by atomic mass is 19.4. The first kappa shape index (κ1) is 19.8. The van der Waals surface area contributed by atoms with Crippen LogP contribution in [0.15, 0.2) is 66.9 Å². The second-order valence-corrected chi connectivity index (χ2v) is 7.60. The lowest BCUT2D eigenvalue weighted by molar-refractivity contribution is -0.138. The van der Waals surface area contributed by atoms with E-state index in [4.69, 9.17) is 0 Å². The monoisotopic (exact) mass is 398 g/mol. The first-order chi connectivity index (χ1) is 14.0. The summed E-state index contributed by atoms with van der Waals surface area (Å²) in [6, 6.07) is 18.5. The van der Waals surface area contributed by atoms with Gasteiger partial charge in [0.05, 0.1) is 11.6 Å². The third kappa shape index (κ3) is 4.10. The SMILES string of the molecule is CCc1ccc([C@H]2c3cccn3CCCN2Cc2ccccc2C(F)(F)F)cc1. The molecule has 1 aliphatic heterocycles. The summed E-state index contributed by atoms with van der Waals surface area (Å²) in [5.74, 6) is 0. The van der Waals surface area contributed by atoms with Crippen LogP contribution in [0.3, 0.4) is 0 Å². The van der Waals surface area contributed by atoms with E-state index in [-0.39, 0.29) is 12.6 Å². The maximum absolute atomic E-state index is 13.6. The molecule has 2 heterocycles. The summed E-state index contributed by atoms with van der Waals surface area (Å²) < 4.78 is 42.9. The van der Waals surface area contributed by atoms with Crippen LogP contribution in [0.4, 0.5) is 13.2 Å². The van der Waals surface area contributed by atoms with Gasteiger partial charge < -0.3 is 4.57 Å². The molecule has 2 nitrogen and oxygen atoms in total.